The van der Waals surface area contributed by atoms with Gasteiger partial charge in [0.25, 0.3) is 0 Å². The van der Waals surface area contributed by atoms with Gasteiger partial charge < -0.3 is 9.64 Å². The molecule has 0 radical (unpaired) electrons. The van der Waals surface area contributed by atoms with E-state index in [4.69, 9.17) is 4.74 Å². The lowest BCUT2D eigenvalue weighted by Gasteiger charge is -2.11. The molecule has 4 aromatic rings. The van der Waals surface area contributed by atoms with Gasteiger partial charge in [-0.25, -0.2) is 13.2 Å². The Morgan fingerprint density at radius 1 is 0.946 bits per heavy atom. The number of fused-ring (bicyclic) bond motifs is 1. The highest BCUT2D eigenvalue weighted by atomic mass is 32.2. The monoisotopic (exact) mass is 533 g/mol. The van der Waals surface area contributed by atoms with Gasteiger partial charge in [-0.15, -0.1) is 11.3 Å². The molecule has 0 aliphatic rings. The number of carbonyl (C=O) groups is 1. The molecule has 0 spiro atoms. The van der Waals surface area contributed by atoms with Gasteiger partial charge in [0.1, 0.15) is 0 Å². The largest absolute Gasteiger partial charge is 0.463 e. The third-order valence-electron chi connectivity index (χ3n) is 5.47. The van der Waals surface area contributed by atoms with Crippen molar-refractivity contribution in [3.63, 3.8) is 0 Å². The second-order valence-corrected chi connectivity index (χ2v) is 11.6. The lowest BCUT2D eigenvalue weighted by Crippen LogP contribution is -2.07. The Labute approximate surface area is 220 Å². The first-order valence-electron chi connectivity index (χ1n) is 11.6. The molecule has 0 amide bonds. The van der Waals surface area contributed by atoms with E-state index in [1.807, 2.05) is 67.5 Å². The summed E-state index contributed by atoms with van der Waals surface area (Å²) in [5.74, 6) is -0.510. The normalized spacial score (nSPS) is 12.0. The highest BCUT2D eigenvalue weighted by Gasteiger charge is 2.16. The molecule has 4 rings (SSSR count). The second-order valence-electron chi connectivity index (χ2n) is 8.47. The van der Waals surface area contributed by atoms with E-state index in [0.717, 1.165) is 20.7 Å². The summed E-state index contributed by atoms with van der Waals surface area (Å²) in [5, 5.41) is 9.37. The molecule has 1 aromatic heterocycles. The molecule has 0 bridgehead atoms. The fourth-order valence-corrected chi connectivity index (χ4v) is 5.87. The van der Waals surface area contributed by atoms with Crippen molar-refractivity contribution >= 4 is 60.4 Å². The molecule has 0 N–H and O–H groups in total. The molecule has 37 heavy (non-hydrogen) atoms. The fourth-order valence-electron chi connectivity index (χ4n) is 3.58. The molecule has 0 atom stereocenters. The lowest BCUT2D eigenvalue weighted by atomic mass is 10.2. The van der Waals surface area contributed by atoms with Crippen LogP contribution in [0.5, 0.6) is 0 Å². The minimum atomic E-state index is -3.55. The van der Waals surface area contributed by atoms with Crippen LogP contribution in [-0.2, 0) is 25.1 Å². The van der Waals surface area contributed by atoms with E-state index in [9.17, 15) is 13.2 Å². The van der Waals surface area contributed by atoms with E-state index in [2.05, 4.69) is 10.2 Å². The molecule has 0 aliphatic carbocycles. The summed E-state index contributed by atoms with van der Waals surface area (Å²) in [6.07, 6.45) is 3.10. The minimum Gasteiger partial charge on any atom is -0.463 e. The summed E-state index contributed by atoms with van der Waals surface area (Å²) in [6.45, 7) is 2.08. The van der Waals surface area contributed by atoms with E-state index in [1.165, 1.54) is 17.4 Å². The first kappa shape index (κ1) is 26.2. The molecule has 1 heterocycles. The van der Waals surface area contributed by atoms with Gasteiger partial charge in [0.2, 0.25) is 0 Å². The Hall–Kier alpha value is -3.82. The van der Waals surface area contributed by atoms with Crippen molar-refractivity contribution in [2.75, 3.05) is 25.6 Å². The number of anilines is 1. The van der Waals surface area contributed by atoms with E-state index in [1.54, 1.807) is 37.3 Å². The number of esters is 1. The number of thiophene rings is 1. The number of hydrogen-bond acceptors (Lipinski definition) is 8. The lowest BCUT2D eigenvalue weighted by molar-refractivity contribution is -0.137. The summed E-state index contributed by atoms with van der Waals surface area (Å²) in [6, 6.07) is 21.6. The number of benzene rings is 3. The summed E-state index contributed by atoms with van der Waals surface area (Å²) in [5.41, 5.74) is 3.04. The van der Waals surface area contributed by atoms with Crippen molar-refractivity contribution in [2.45, 2.75) is 17.6 Å². The van der Waals surface area contributed by atoms with E-state index >= 15 is 0 Å². The number of rotatable bonds is 9. The standard InChI is InChI=1S/C28H27N3O4S2/c1-4-35-28(32)16-12-25-18-21-17-20(5-15-27(21)36-25)19-37(33,34)26-13-8-23(9-14-26)30-29-22-6-10-24(11-7-22)31(2)3/h5-18H,4,19H2,1-3H3/b16-12+,30-29?. The van der Waals surface area contributed by atoms with Crippen LogP contribution >= 0.6 is 11.3 Å². The van der Waals surface area contributed by atoms with Gasteiger partial charge in [-0.3, -0.25) is 0 Å². The number of hydrogen-bond donors (Lipinski definition) is 0. The zero-order chi connectivity index (χ0) is 26.4. The summed E-state index contributed by atoms with van der Waals surface area (Å²) in [7, 11) is 0.389. The number of carbonyl (C=O) groups excluding carboxylic acids is 1. The Kier molecular flexibility index (Phi) is 8.15. The van der Waals surface area contributed by atoms with Crippen LogP contribution in [0.3, 0.4) is 0 Å². The third-order valence-corrected chi connectivity index (χ3v) is 8.25. The van der Waals surface area contributed by atoms with Crippen molar-refractivity contribution in [2.24, 2.45) is 10.2 Å². The van der Waals surface area contributed by atoms with Gasteiger partial charge in [0.15, 0.2) is 9.84 Å². The maximum absolute atomic E-state index is 13.0. The van der Waals surface area contributed by atoms with Crippen LogP contribution in [0.15, 0.2) is 94.0 Å². The summed E-state index contributed by atoms with van der Waals surface area (Å²) in [4.78, 5) is 14.7. The van der Waals surface area contributed by atoms with Crippen molar-refractivity contribution in [3.05, 3.63) is 89.3 Å². The predicted octanol–water partition coefficient (Wildman–Crippen LogP) is 6.93. The molecule has 0 saturated heterocycles. The van der Waals surface area contributed by atoms with Crippen molar-refractivity contribution in [1.82, 2.24) is 0 Å². The Bertz CT molecular complexity index is 1550. The third kappa shape index (κ3) is 6.90. The second kappa shape index (κ2) is 11.5. The van der Waals surface area contributed by atoms with Gasteiger partial charge in [-0.1, -0.05) is 6.07 Å². The van der Waals surface area contributed by atoms with Crippen LogP contribution in [0, 0.1) is 0 Å². The molecular weight excluding hydrogens is 506 g/mol. The van der Waals surface area contributed by atoms with Crippen molar-refractivity contribution in [1.29, 1.82) is 0 Å². The smallest absolute Gasteiger partial charge is 0.330 e. The molecule has 9 heteroatoms. The first-order valence-corrected chi connectivity index (χ1v) is 14.1. The zero-order valence-electron chi connectivity index (χ0n) is 20.8. The number of nitrogens with zero attached hydrogens (tertiary/aromatic N) is 3. The minimum absolute atomic E-state index is 0.119. The zero-order valence-corrected chi connectivity index (χ0v) is 22.4. The summed E-state index contributed by atoms with van der Waals surface area (Å²) >= 11 is 1.52. The molecule has 0 fully saturated rings. The van der Waals surface area contributed by atoms with Gasteiger partial charge >= 0.3 is 5.97 Å². The maximum atomic E-state index is 13.0. The molecular formula is C28H27N3O4S2. The highest BCUT2D eigenvalue weighted by molar-refractivity contribution is 7.90. The quantitative estimate of drug-likeness (QED) is 0.132. The number of azo groups is 1. The topological polar surface area (TPSA) is 88.4 Å². The van der Waals surface area contributed by atoms with Gasteiger partial charge in [-0.05, 0) is 90.7 Å². The van der Waals surface area contributed by atoms with Crippen LogP contribution in [0.25, 0.3) is 16.2 Å². The average Bonchev–Trinajstić information content (AvgIpc) is 3.29. The van der Waals surface area contributed by atoms with Gasteiger partial charge in [0.05, 0.1) is 28.6 Å². The summed E-state index contributed by atoms with van der Waals surface area (Å²) < 4.78 is 32.0. The number of sulfone groups is 1. The van der Waals surface area contributed by atoms with Crippen LogP contribution in [0.4, 0.5) is 17.1 Å². The highest BCUT2D eigenvalue weighted by Crippen LogP contribution is 2.29. The Balaban J connectivity index is 1.44. The number of ether oxygens (including phenoxy) is 1. The predicted molar refractivity (Wildman–Crippen MR) is 150 cm³/mol. The van der Waals surface area contributed by atoms with Crippen LogP contribution in [0.1, 0.15) is 17.4 Å². The molecule has 0 saturated carbocycles. The molecule has 190 valence electrons. The average molecular weight is 534 g/mol. The van der Waals surface area contributed by atoms with E-state index in [-0.39, 0.29) is 10.6 Å². The van der Waals surface area contributed by atoms with Crippen LogP contribution < -0.4 is 4.90 Å². The molecule has 0 aliphatic heterocycles. The Morgan fingerprint density at radius 3 is 2.22 bits per heavy atom. The van der Waals surface area contributed by atoms with Gasteiger partial charge in [-0.2, -0.15) is 10.2 Å². The molecule has 7 nitrogen and oxygen atoms in total. The van der Waals surface area contributed by atoms with Crippen LogP contribution in [-0.4, -0.2) is 35.1 Å². The fraction of sp³-hybridized carbons (Fsp3) is 0.179. The first-order chi connectivity index (χ1) is 17.7. The molecule has 3 aromatic carbocycles. The molecule has 0 unspecified atom stereocenters. The SMILES string of the molecule is CCOC(=O)/C=C/c1cc2cc(CS(=O)(=O)c3ccc(N=Nc4ccc(N(C)C)cc4)cc3)ccc2s1. The van der Waals surface area contributed by atoms with E-state index < -0.39 is 15.8 Å². The van der Waals surface area contributed by atoms with Crippen molar-refractivity contribution in [3.8, 4) is 0 Å². The van der Waals surface area contributed by atoms with Gasteiger partial charge in [0, 0.05) is 35.4 Å². The Morgan fingerprint density at radius 2 is 1.59 bits per heavy atom. The van der Waals surface area contributed by atoms with Crippen LogP contribution in [0.2, 0.25) is 0 Å². The van der Waals surface area contributed by atoms with E-state index in [0.29, 0.717) is 23.5 Å². The van der Waals surface area contributed by atoms with Crippen molar-refractivity contribution < 1.29 is 17.9 Å². The maximum Gasteiger partial charge on any atom is 0.330 e.